The zero-order valence-corrected chi connectivity index (χ0v) is 11.4. The first kappa shape index (κ1) is 13.7. The minimum atomic E-state index is -1.13. The highest BCUT2D eigenvalue weighted by molar-refractivity contribution is 5.93. The highest BCUT2D eigenvalue weighted by Gasteiger charge is 2.17. The Morgan fingerprint density at radius 2 is 2.05 bits per heavy atom. The van der Waals surface area contributed by atoms with Crippen LogP contribution < -0.4 is 10.5 Å². The normalized spacial score (nSPS) is 10.7. The van der Waals surface area contributed by atoms with Crippen LogP contribution in [0.1, 0.15) is 16.3 Å². The number of imidazole rings is 1. The van der Waals surface area contributed by atoms with Crippen LogP contribution in [-0.4, -0.2) is 25.6 Å². The first-order chi connectivity index (χ1) is 10.6. The molecule has 3 rings (SSSR count). The Morgan fingerprint density at radius 3 is 2.77 bits per heavy atom. The molecule has 1 aromatic carbocycles. The zero-order chi connectivity index (χ0) is 15.7. The van der Waals surface area contributed by atoms with Crippen molar-refractivity contribution < 1.29 is 19.7 Å². The van der Waals surface area contributed by atoms with Crippen LogP contribution in [-0.2, 0) is 6.61 Å². The molecule has 2 aromatic heterocycles. The lowest BCUT2D eigenvalue weighted by molar-refractivity contribution is 0.0693. The maximum atomic E-state index is 11.3. The highest BCUT2D eigenvalue weighted by atomic mass is 16.5. The second kappa shape index (κ2) is 5.28. The smallest absolute Gasteiger partial charge is 0.356 e. The molecular weight excluding hydrogens is 286 g/mol. The van der Waals surface area contributed by atoms with Crippen LogP contribution in [0.15, 0.2) is 42.6 Å². The van der Waals surface area contributed by atoms with E-state index in [4.69, 9.17) is 10.5 Å². The summed E-state index contributed by atoms with van der Waals surface area (Å²) in [4.78, 5) is 15.3. The van der Waals surface area contributed by atoms with Gasteiger partial charge in [0, 0.05) is 11.9 Å². The molecule has 0 fully saturated rings. The zero-order valence-electron chi connectivity index (χ0n) is 11.4. The first-order valence-corrected chi connectivity index (χ1v) is 6.47. The SMILES string of the molecule is Nc1ccc2c(C(=O)O)nc(COc3ccccc3O)n2c1. The van der Waals surface area contributed by atoms with Crippen LogP contribution in [0.25, 0.3) is 5.52 Å². The number of pyridine rings is 1. The van der Waals surface area contributed by atoms with Crippen molar-refractivity contribution in [1.29, 1.82) is 0 Å². The molecule has 0 aliphatic carbocycles. The molecular formula is C15H13N3O4. The maximum Gasteiger partial charge on any atom is 0.356 e. The number of aromatic carboxylic acids is 1. The fourth-order valence-corrected chi connectivity index (χ4v) is 2.14. The van der Waals surface area contributed by atoms with Crippen LogP contribution in [0.5, 0.6) is 11.5 Å². The Morgan fingerprint density at radius 1 is 1.27 bits per heavy atom. The fraction of sp³-hybridized carbons (Fsp3) is 0.0667. The molecule has 7 nitrogen and oxygen atoms in total. The van der Waals surface area contributed by atoms with E-state index in [0.717, 1.165) is 0 Å². The van der Waals surface area contributed by atoms with E-state index in [1.807, 2.05) is 0 Å². The summed E-state index contributed by atoms with van der Waals surface area (Å²) >= 11 is 0. The van der Waals surface area contributed by atoms with Gasteiger partial charge >= 0.3 is 5.97 Å². The van der Waals surface area contributed by atoms with Gasteiger partial charge in [-0.05, 0) is 24.3 Å². The lowest BCUT2D eigenvalue weighted by atomic mass is 10.3. The van der Waals surface area contributed by atoms with Gasteiger partial charge in [-0.1, -0.05) is 12.1 Å². The van der Waals surface area contributed by atoms with Gasteiger partial charge < -0.3 is 20.7 Å². The fourth-order valence-electron chi connectivity index (χ4n) is 2.14. The molecule has 0 radical (unpaired) electrons. The molecule has 7 heteroatoms. The molecule has 4 N–H and O–H groups in total. The number of phenols is 1. The summed E-state index contributed by atoms with van der Waals surface area (Å²) in [6.45, 7) is -0.00449. The number of hydrogen-bond acceptors (Lipinski definition) is 5. The molecule has 0 saturated heterocycles. The number of aromatic hydroxyl groups is 1. The van der Waals surface area contributed by atoms with Gasteiger partial charge in [-0.2, -0.15) is 0 Å². The van der Waals surface area contributed by atoms with Gasteiger partial charge in [-0.3, -0.25) is 4.40 Å². The summed E-state index contributed by atoms with van der Waals surface area (Å²) in [5, 5.41) is 18.9. The quantitative estimate of drug-likeness (QED) is 0.678. The number of nitrogens with two attached hydrogens (primary N) is 1. The highest BCUT2D eigenvalue weighted by Crippen LogP contribution is 2.25. The number of phenolic OH excluding ortho intramolecular Hbond substituents is 1. The summed E-state index contributed by atoms with van der Waals surface area (Å²) in [5.41, 5.74) is 6.57. The number of carbonyl (C=O) groups is 1. The number of ether oxygens (including phenoxy) is 1. The van der Waals surface area contributed by atoms with E-state index in [1.165, 1.54) is 6.07 Å². The molecule has 22 heavy (non-hydrogen) atoms. The van der Waals surface area contributed by atoms with Gasteiger partial charge in [0.1, 0.15) is 6.61 Å². The number of carboxylic acid groups (broad SMARTS) is 1. The van der Waals surface area contributed by atoms with Gasteiger partial charge in [0.25, 0.3) is 0 Å². The molecule has 0 aliphatic heterocycles. The van der Waals surface area contributed by atoms with Crippen molar-refractivity contribution in [2.24, 2.45) is 0 Å². The van der Waals surface area contributed by atoms with Crippen LogP contribution >= 0.6 is 0 Å². The van der Waals surface area contributed by atoms with Crippen molar-refractivity contribution in [1.82, 2.24) is 9.38 Å². The second-order valence-corrected chi connectivity index (χ2v) is 4.66. The molecule has 0 spiro atoms. The number of aromatic nitrogens is 2. The summed E-state index contributed by atoms with van der Waals surface area (Å²) in [6.07, 6.45) is 1.58. The molecule has 0 bridgehead atoms. The van der Waals surface area contributed by atoms with Crippen molar-refractivity contribution in [3.05, 3.63) is 54.1 Å². The van der Waals surface area contributed by atoms with E-state index >= 15 is 0 Å². The summed E-state index contributed by atoms with van der Waals surface area (Å²) in [5.74, 6) is -0.458. The second-order valence-electron chi connectivity index (χ2n) is 4.66. The number of nitrogens with zero attached hydrogens (tertiary/aromatic N) is 2. The Kier molecular flexibility index (Phi) is 3.30. The third-order valence-corrected chi connectivity index (χ3v) is 3.16. The number of rotatable bonds is 4. The summed E-state index contributed by atoms with van der Waals surface area (Å²) in [6, 6.07) is 9.71. The molecule has 0 unspecified atom stereocenters. The van der Waals surface area contributed by atoms with Crippen LogP contribution in [0, 0.1) is 0 Å². The van der Waals surface area contributed by atoms with Crippen molar-refractivity contribution in [3.8, 4) is 11.5 Å². The number of hydrogen-bond donors (Lipinski definition) is 3. The topological polar surface area (TPSA) is 110 Å². The number of para-hydroxylation sites is 2. The Bertz CT molecular complexity index is 857. The predicted molar refractivity (Wildman–Crippen MR) is 79.0 cm³/mol. The number of benzene rings is 1. The third-order valence-electron chi connectivity index (χ3n) is 3.16. The maximum absolute atomic E-state index is 11.3. The minimum absolute atomic E-state index is 0.00123. The van der Waals surface area contributed by atoms with Gasteiger partial charge in [-0.25, -0.2) is 9.78 Å². The van der Waals surface area contributed by atoms with E-state index < -0.39 is 5.97 Å². The van der Waals surface area contributed by atoms with Crippen molar-refractivity contribution in [2.45, 2.75) is 6.61 Å². The van der Waals surface area contributed by atoms with E-state index in [9.17, 15) is 15.0 Å². The largest absolute Gasteiger partial charge is 0.504 e. The van der Waals surface area contributed by atoms with Crippen LogP contribution in [0.2, 0.25) is 0 Å². The standard InChI is InChI=1S/C15H13N3O4/c16-9-5-6-10-14(15(20)21)17-13(18(10)7-9)8-22-12-4-2-1-3-11(12)19/h1-7,19H,8,16H2,(H,20,21). The molecule has 112 valence electrons. The van der Waals surface area contributed by atoms with E-state index in [0.29, 0.717) is 22.8 Å². The van der Waals surface area contributed by atoms with Crippen molar-refractivity contribution in [2.75, 3.05) is 5.73 Å². The molecule has 0 amide bonds. The summed E-state index contributed by atoms with van der Waals surface area (Å²) in [7, 11) is 0. The Balaban J connectivity index is 1.98. The average molecular weight is 299 g/mol. The van der Waals surface area contributed by atoms with E-state index in [-0.39, 0.29) is 18.1 Å². The molecule has 0 saturated carbocycles. The predicted octanol–water partition coefficient (Wildman–Crippen LogP) is 1.90. The summed E-state index contributed by atoms with van der Waals surface area (Å²) < 4.78 is 7.07. The molecule has 2 heterocycles. The van der Waals surface area contributed by atoms with Gasteiger partial charge in [0.2, 0.25) is 0 Å². The molecule has 3 aromatic rings. The number of carboxylic acids is 1. The monoisotopic (exact) mass is 299 g/mol. The number of fused-ring (bicyclic) bond motifs is 1. The van der Waals surface area contributed by atoms with Crippen LogP contribution in [0.4, 0.5) is 5.69 Å². The lowest BCUT2D eigenvalue weighted by Crippen LogP contribution is -2.02. The van der Waals surface area contributed by atoms with Crippen molar-refractivity contribution in [3.63, 3.8) is 0 Å². The lowest BCUT2D eigenvalue weighted by Gasteiger charge is -2.07. The Hall–Kier alpha value is -3.22. The molecule has 0 atom stereocenters. The van der Waals surface area contributed by atoms with Crippen LogP contribution in [0.3, 0.4) is 0 Å². The average Bonchev–Trinajstić information content (AvgIpc) is 2.84. The first-order valence-electron chi connectivity index (χ1n) is 6.47. The number of nitrogen functional groups attached to an aromatic ring is 1. The van der Waals surface area contributed by atoms with Gasteiger partial charge in [0.15, 0.2) is 23.0 Å². The minimum Gasteiger partial charge on any atom is -0.504 e. The van der Waals surface area contributed by atoms with Gasteiger partial charge in [-0.15, -0.1) is 0 Å². The van der Waals surface area contributed by atoms with E-state index in [2.05, 4.69) is 4.98 Å². The van der Waals surface area contributed by atoms with E-state index in [1.54, 1.807) is 40.9 Å². The molecule has 0 aliphatic rings. The number of anilines is 1. The Labute approximate surface area is 125 Å². The third kappa shape index (κ3) is 2.39. The van der Waals surface area contributed by atoms with Crippen molar-refractivity contribution >= 4 is 17.2 Å². The van der Waals surface area contributed by atoms with Gasteiger partial charge in [0.05, 0.1) is 5.52 Å².